The fraction of sp³-hybridized carbons (Fsp3) is 0.500. The van der Waals surface area contributed by atoms with Crippen LogP contribution in [-0.2, 0) is 4.74 Å². The molecular weight excluding hydrogens is 263 g/mol. The van der Waals surface area contributed by atoms with Gasteiger partial charge in [0.1, 0.15) is 5.82 Å². The van der Waals surface area contributed by atoms with Gasteiger partial charge in [-0.1, -0.05) is 0 Å². The van der Waals surface area contributed by atoms with Crippen molar-refractivity contribution in [2.45, 2.75) is 12.8 Å². The number of benzene rings is 1. The molecule has 2 rings (SSSR count). The summed E-state index contributed by atoms with van der Waals surface area (Å²) in [6.45, 7) is 1.34. The minimum Gasteiger partial charge on any atom is -0.465 e. The number of hydrogen-bond donors (Lipinski definition) is 2. The van der Waals surface area contributed by atoms with Crippen LogP contribution in [0.2, 0.25) is 0 Å². The van der Waals surface area contributed by atoms with Crippen LogP contribution < -0.4 is 10.6 Å². The van der Waals surface area contributed by atoms with Gasteiger partial charge in [0.25, 0.3) is 0 Å². The second-order valence-electron chi connectivity index (χ2n) is 5.02. The van der Waals surface area contributed by atoms with Gasteiger partial charge in [0.2, 0.25) is 0 Å². The Morgan fingerprint density at radius 2 is 2.35 bits per heavy atom. The van der Waals surface area contributed by atoms with E-state index in [0.29, 0.717) is 18.8 Å². The molecule has 0 bridgehead atoms. The summed E-state index contributed by atoms with van der Waals surface area (Å²) in [6.07, 6.45) is 1.80. The van der Waals surface area contributed by atoms with Gasteiger partial charge in [0.05, 0.1) is 18.4 Å². The van der Waals surface area contributed by atoms with Gasteiger partial charge in [-0.25, -0.2) is 9.18 Å². The molecule has 1 saturated heterocycles. The van der Waals surface area contributed by atoms with E-state index in [1.54, 1.807) is 0 Å². The summed E-state index contributed by atoms with van der Waals surface area (Å²) in [5, 5.41) is 9.24. The SMILES string of the molecule is COC(=O)c1cc(N2CCCC(CO)C2)c(F)cc1N. The van der Waals surface area contributed by atoms with E-state index < -0.39 is 11.8 Å². The van der Waals surface area contributed by atoms with Crippen LogP contribution in [0.5, 0.6) is 0 Å². The zero-order valence-corrected chi connectivity index (χ0v) is 11.4. The van der Waals surface area contributed by atoms with Crippen LogP contribution in [0.25, 0.3) is 0 Å². The molecule has 0 saturated carbocycles. The molecule has 0 aromatic heterocycles. The molecule has 1 aliphatic heterocycles. The predicted octanol–water partition coefficient (Wildman–Crippen LogP) is 1.40. The van der Waals surface area contributed by atoms with Crippen LogP contribution >= 0.6 is 0 Å². The highest BCUT2D eigenvalue weighted by Crippen LogP contribution is 2.29. The van der Waals surface area contributed by atoms with Crippen molar-refractivity contribution in [1.29, 1.82) is 0 Å². The molecule has 3 N–H and O–H groups in total. The van der Waals surface area contributed by atoms with E-state index in [1.165, 1.54) is 13.2 Å². The average Bonchev–Trinajstić information content (AvgIpc) is 2.46. The molecule has 0 spiro atoms. The largest absolute Gasteiger partial charge is 0.465 e. The second kappa shape index (κ2) is 6.09. The summed E-state index contributed by atoms with van der Waals surface area (Å²) in [5.74, 6) is -0.921. The van der Waals surface area contributed by atoms with E-state index in [2.05, 4.69) is 4.74 Å². The molecule has 1 aromatic rings. The van der Waals surface area contributed by atoms with Gasteiger partial charge in [0, 0.05) is 25.4 Å². The van der Waals surface area contributed by atoms with Gasteiger partial charge >= 0.3 is 5.97 Å². The molecule has 1 heterocycles. The van der Waals surface area contributed by atoms with E-state index in [4.69, 9.17) is 5.73 Å². The van der Waals surface area contributed by atoms with E-state index in [9.17, 15) is 14.3 Å². The Kier molecular flexibility index (Phi) is 4.44. The Balaban J connectivity index is 2.33. The van der Waals surface area contributed by atoms with Gasteiger partial charge in [-0.05, 0) is 30.9 Å². The zero-order valence-electron chi connectivity index (χ0n) is 11.4. The number of carbonyl (C=O) groups excluding carboxylic acids is 1. The number of aliphatic hydroxyl groups is 1. The van der Waals surface area contributed by atoms with Crippen LogP contribution in [0.15, 0.2) is 12.1 Å². The van der Waals surface area contributed by atoms with Crippen molar-refractivity contribution >= 4 is 17.3 Å². The first-order chi connectivity index (χ1) is 9.56. The first-order valence-corrected chi connectivity index (χ1v) is 6.60. The van der Waals surface area contributed by atoms with Gasteiger partial charge < -0.3 is 20.5 Å². The Hall–Kier alpha value is -1.82. The maximum atomic E-state index is 14.1. The minimum absolute atomic E-state index is 0.0637. The first-order valence-electron chi connectivity index (χ1n) is 6.60. The average molecular weight is 282 g/mol. The first kappa shape index (κ1) is 14.6. The number of anilines is 2. The summed E-state index contributed by atoms with van der Waals surface area (Å²) in [5.41, 5.74) is 6.21. The maximum absolute atomic E-state index is 14.1. The number of ether oxygens (including phenoxy) is 1. The van der Waals surface area contributed by atoms with Crippen molar-refractivity contribution in [3.05, 3.63) is 23.5 Å². The molecule has 6 heteroatoms. The second-order valence-corrected chi connectivity index (χ2v) is 5.02. The number of aliphatic hydroxyl groups excluding tert-OH is 1. The predicted molar refractivity (Wildman–Crippen MR) is 74.2 cm³/mol. The van der Waals surface area contributed by atoms with Crippen LogP contribution in [0.1, 0.15) is 23.2 Å². The van der Waals surface area contributed by atoms with Crippen molar-refractivity contribution < 1.29 is 19.0 Å². The maximum Gasteiger partial charge on any atom is 0.340 e. The number of nitrogen functional groups attached to an aromatic ring is 1. The van der Waals surface area contributed by atoms with Crippen molar-refractivity contribution in [2.24, 2.45) is 5.92 Å². The van der Waals surface area contributed by atoms with Crippen LogP contribution in [0.3, 0.4) is 0 Å². The molecule has 20 heavy (non-hydrogen) atoms. The Bertz CT molecular complexity index is 507. The molecule has 110 valence electrons. The van der Waals surface area contributed by atoms with Crippen molar-refractivity contribution in [1.82, 2.24) is 0 Å². The number of piperidine rings is 1. The van der Waals surface area contributed by atoms with Crippen molar-refractivity contribution in [3.63, 3.8) is 0 Å². The van der Waals surface area contributed by atoms with Crippen molar-refractivity contribution in [3.8, 4) is 0 Å². The Morgan fingerprint density at radius 3 is 3.00 bits per heavy atom. The summed E-state index contributed by atoms with van der Waals surface area (Å²) >= 11 is 0. The topological polar surface area (TPSA) is 75.8 Å². The number of halogens is 1. The minimum atomic E-state index is -0.584. The lowest BCUT2D eigenvalue weighted by Crippen LogP contribution is -2.37. The normalized spacial score (nSPS) is 18.9. The fourth-order valence-electron chi connectivity index (χ4n) is 2.54. The number of carbonyl (C=O) groups is 1. The van der Waals surface area contributed by atoms with Gasteiger partial charge in [-0.15, -0.1) is 0 Å². The molecule has 0 radical (unpaired) electrons. The third kappa shape index (κ3) is 2.85. The molecule has 0 aliphatic carbocycles. The lowest BCUT2D eigenvalue weighted by molar-refractivity contribution is 0.0602. The van der Waals surface area contributed by atoms with E-state index >= 15 is 0 Å². The molecule has 1 fully saturated rings. The highest BCUT2D eigenvalue weighted by atomic mass is 19.1. The van der Waals surface area contributed by atoms with Crippen LogP contribution in [-0.4, -0.2) is 37.9 Å². The number of nitrogens with two attached hydrogens (primary N) is 1. The number of rotatable bonds is 3. The van der Waals surface area contributed by atoms with E-state index in [1.807, 2.05) is 4.90 Å². The van der Waals surface area contributed by atoms with Crippen molar-refractivity contribution in [2.75, 3.05) is 37.4 Å². The molecule has 1 aliphatic rings. The zero-order chi connectivity index (χ0) is 14.7. The highest BCUT2D eigenvalue weighted by molar-refractivity contribution is 5.96. The fourth-order valence-corrected chi connectivity index (χ4v) is 2.54. The molecule has 1 aromatic carbocycles. The van der Waals surface area contributed by atoms with E-state index in [-0.39, 0.29) is 23.8 Å². The molecule has 1 unspecified atom stereocenters. The van der Waals surface area contributed by atoms with Gasteiger partial charge in [0.15, 0.2) is 0 Å². The smallest absolute Gasteiger partial charge is 0.340 e. The quantitative estimate of drug-likeness (QED) is 0.647. The summed E-state index contributed by atoms with van der Waals surface area (Å²) < 4.78 is 18.7. The third-order valence-electron chi connectivity index (χ3n) is 3.64. The molecule has 0 amide bonds. The summed E-state index contributed by atoms with van der Waals surface area (Å²) in [6, 6.07) is 2.57. The number of hydrogen-bond acceptors (Lipinski definition) is 5. The molecular formula is C14H19FN2O3. The number of methoxy groups -OCH3 is 1. The molecule has 5 nitrogen and oxygen atoms in total. The summed E-state index contributed by atoms with van der Waals surface area (Å²) in [7, 11) is 1.26. The lowest BCUT2D eigenvalue weighted by atomic mass is 9.98. The lowest BCUT2D eigenvalue weighted by Gasteiger charge is -2.34. The Morgan fingerprint density at radius 1 is 1.60 bits per heavy atom. The Labute approximate surface area is 117 Å². The summed E-state index contributed by atoms with van der Waals surface area (Å²) in [4.78, 5) is 13.5. The highest BCUT2D eigenvalue weighted by Gasteiger charge is 2.23. The van der Waals surface area contributed by atoms with Crippen LogP contribution in [0, 0.1) is 11.7 Å². The number of nitrogens with zero attached hydrogens (tertiary/aromatic N) is 1. The standard InChI is InChI=1S/C14H19FN2O3/c1-20-14(19)10-5-13(11(15)6-12(10)16)17-4-2-3-9(7-17)8-18/h5-6,9,18H,2-4,7-8,16H2,1H3. The van der Waals surface area contributed by atoms with Gasteiger partial charge in [-0.3, -0.25) is 0 Å². The van der Waals surface area contributed by atoms with E-state index in [0.717, 1.165) is 18.9 Å². The number of esters is 1. The van der Waals surface area contributed by atoms with Gasteiger partial charge in [-0.2, -0.15) is 0 Å². The third-order valence-corrected chi connectivity index (χ3v) is 3.64. The monoisotopic (exact) mass is 282 g/mol. The molecule has 1 atom stereocenters. The van der Waals surface area contributed by atoms with Crippen LogP contribution in [0.4, 0.5) is 15.8 Å².